The molecule has 0 aliphatic heterocycles. The molecule has 1 rings (SSSR count). The van der Waals surface area contributed by atoms with Crippen LogP contribution in [0.1, 0.15) is 31.9 Å². The number of pyridine rings is 1. The molecular formula is C10H15NO3S. The van der Waals surface area contributed by atoms with E-state index in [1.54, 1.807) is 12.3 Å². The minimum atomic E-state index is -4.23. The van der Waals surface area contributed by atoms with Gasteiger partial charge in [0.15, 0.2) is 22.0 Å². The van der Waals surface area contributed by atoms with Gasteiger partial charge in [0.05, 0.1) is 0 Å². The molecule has 1 aromatic rings. The van der Waals surface area contributed by atoms with Gasteiger partial charge in [-0.15, -0.1) is 0 Å². The van der Waals surface area contributed by atoms with Crippen LogP contribution >= 0.6 is 0 Å². The molecule has 0 saturated heterocycles. The molecule has 0 fully saturated rings. The first kappa shape index (κ1) is 12.1. The predicted octanol–water partition coefficient (Wildman–Crippen LogP) is 0.990. The fourth-order valence-corrected chi connectivity index (χ4v) is 2.01. The van der Waals surface area contributed by atoms with Gasteiger partial charge in [-0.2, -0.15) is 4.57 Å². The largest absolute Gasteiger partial charge is 0.743 e. The minimum absolute atomic E-state index is 0.243. The van der Waals surface area contributed by atoms with Crippen LogP contribution in [0.4, 0.5) is 0 Å². The molecule has 15 heavy (non-hydrogen) atoms. The summed E-state index contributed by atoms with van der Waals surface area (Å²) < 4.78 is 33.6. The molecule has 0 N–H and O–H groups in total. The average Bonchev–Trinajstić information content (AvgIpc) is 2.15. The molecule has 1 heterocycles. The maximum absolute atomic E-state index is 10.7. The van der Waals surface area contributed by atoms with Gasteiger partial charge >= 0.3 is 0 Å². The summed E-state index contributed by atoms with van der Waals surface area (Å²) in [7, 11) is -4.23. The normalized spacial score (nSPS) is 13.8. The molecule has 1 unspecified atom stereocenters. The van der Waals surface area contributed by atoms with Crippen molar-refractivity contribution < 1.29 is 17.5 Å². The predicted molar refractivity (Wildman–Crippen MR) is 55.0 cm³/mol. The van der Waals surface area contributed by atoms with Crippen molar-refractivity contribution in [2.24, 2.45) is 0 Å². The Labute approximate surface area is 90.3 Å². The Balaban J connectivity index is 3.07. The minimum Gasteiger partial charge on any atom is -0.743 e. The molecule has 84 valence electrons. The molecule has 5 heteroatoms. The van der Waals surface area contributed by atoms with Crippen LogP contribution in [0.2, 0.25) is 0 Å². The van der Waals surface area contributed by atoms with Crippen LogP contribution in [-0.4, -0.2) is 13.0 Å². The van der Waals surface area contributed by atoms with Crippen molar-refractivity contribution in [2.75, 3.05) is 0 Å². The van der Waals surface area contributed by atoms with Crippen molar-refractivity contribution in [3.8, 4) is 0 Å². The van der Waals surface area contributed by atoms with Gasteiger partial charge in [-0.3, -0.25) is 0 Å². The Hall–Kier alpha value is -0.940. The second kappa shape index (κ2) is 4.72. The first-order valence-electron chi connectivity index (χ1n) is 4.86. The second-order valence-corrected chi connectivity index (χ2v) is 4.96. The lowest BCUT2D eigenvalue weighted by atomic mass is 10.0. The second-order valence-electron chi connectivity index (χ2n) is 3.59. The van der Waals surface area contributed by atoms with Crippen LogP contribution in [0.3, 0.4) is 0 Å². The number of rotatable bonds is 4. The van der Waals surface area contributed by atoms with Crippen LogP contribution < -0.4 is 4.57 Å². The third-order valence-corrected chi connectivity index (χ3v) is 2.98. The van der Waals surface area contributed by atoms with E-state index in [-0.39, 0.29) is 5.92 Å². The summed E-state index contributed by atoms with van der Waals surface area (Å²) in [6.45, 7) is 4.02. The van der Waals surface area contributed by atoms with E-state index in [2.05, 4.69) is 0 Å². The first-order chi connectivity index (χ1) is 6.94. The fourth-order valence-electron chi connectivity index (χ4n) is 1.43. The molecule has 0 amide bonds. The van der Waals surface area contributed by atoms with Gasteiger partial charge in [0.1, 0.15) is 0 Å². The van der Waals surface area contributed by atoms with Gasteiger partial charge < -0.3 is 4.55 Å². The van der Waals surface area contributed by atoms with Crippen LogP contribution in [0.25, 0.3) is 0 Å². The summed E-state index contributed by atoms with van der Waals surface area (Å²) in [6, 6.07) is 5.41. The molecule has 0 bridgehead atoms. The van der Waals surface area contributed by atoms with Crippen molar-refractivity contribution in [1.82, 2.24) is 0 Å². The van der Waals surface area contributed by atoms with Gasteiger partial charge in [-0.1, -0.05) is 19.9 Å². The molecular weight excluding hydrogens is 214 g/mol. The van der Waals surface area contributed by atoms with Gasteiger partial charge in [-0.05, 0) is 6.42 Å². The third kappa shape index (κ3) is 3.60. The standard InChI is InChI=1S/C10H15NO3S/c1-3-9(2)10-6-4-5-7-11(10)8-15(12,13)14/h4-7,9H,3,8H2,1-2H3. The van der Waals surface area contributed by atoms with Gasteiger partial charge in [-0.25, -0.2) is 8.42 Å². The summed E-state index contributed by atoms with van der Waals surface area (Å²) in [5, 5.41) is 0. The average molecular weight is 229 g/mol. The smallest absolute Gasteiger partial charge is 0.236 e. The molecule has 0 aliphatic carbocycles. The van der Waals surface area contributed by atoms with E-state index in [0.29, 0.717) is 0 Å². The lowest BCUT2D eigenvalue weighted by Gasteiger charge is -2.10. The Morgan fingerprint density at radius 2 is 2.13 bits per heavy atom. The molecule has 0 saturated carbocycles. The highest BCUT2D eigenvalue weighted by atomic mass is 32.2. The van der Waals surface area contributed by atoms with E-state index in [4.69, 9.17) is 0 Å². The Morgan fingerprint density at radius 3 is 2.67 bits per heavy atom. The zero-order valence-electron chi connectivity index (χ0n) is 8.88. The van der Waals surface area contributed by atoms with Crippen LogP contribution in [0, 0.1) is 0 Å². The van der Waals surface area contributed by atoms with Gasteiger partial charge in [0.2, 0.25) is 5.88 Å². The first-order valence-corrected chi connectivity index (χ1v) is 6.43. The monoisotopic (exact) mass is 229 g/mol. The van der Waals surface area contributed by atoms with Crippen molar-refractivity contribution in [2.45, 2.75) is 32.1 Å². The van der Waals surface area contributed by atoms with Gasteiger partial charge in [0, 0.05) is 18.1 Å². The Bertz CT molecular complexity index is 428. The van der Waals surface area contributed by atoms with Crippen molar-refractivity contribution in [3.63, 3.8) is 0 Å². The number of hydrogen-bond acceptors (Lipinski definition) is 3. The zero-order chi connectivity index (χ0) is 11.5. The van der Waals surface area contributed by atoms with Crippen LogP contribution in [-0.2, 0) is 16.0 Å². The molecule has 4 nitrogen and oxygen atoms in total. The Kier molecular flexibility index (Phi) is 3.82. The number of hydrogen-bond donors (Lipinski definition) is 0. The highest BCUT2D eigenvalue weighted by Crippen LogP contribution is 2.13. The fraction of sp³-hybridized carbons (Fsp3) is 0.500. The maximum Gasteiger partial charge on any atom is 0.236 e. The zero-order valence-corrected chi connectivity index (χ0v) is 9.70. The van der Waals surface area contributed by atoms with E-state index in [1.165, 1.54) is 4.57 Å². The summed E-state index contributed by atoms with van der Waals surface area (Å²) in [5.41, 5.74) is 0.874. The summed E-state index contributed by atoms with van der Waals surface area (Å²) in [5.74, 6) is -0.249. The van der Waals surface area contributed by atoms with Crippen molar-refractivity contribution in [3.05, 3.63) is 30.1 Å². The van der Waals surface area contributed by atoms with E-state index in [9.17, 15) is 13.0 Å². The molecule has 0 aromatic carbocycles. The SMILES string of the molecule is CCC(C)c1cccc[n+]1CS(=O)(=O)[O-]. The lowest BCUT2D eigenvalue weighted by molar-refractivity contribution is -0.686. The van der Waals surface area contributed by atoms with E-state index in [1.807, 2.05) is 26.0 Å². The quantitative estimate of drug-likeness (QED) is 0.571. The summed E-state index contributed by atoms with van der Waals surface area (Å²) in [6.07, 6.45) is 2.53. The molecule has 1 aromatic heterocycles. The van der Waals surface area contributed by atoms with E-state index in [0.717, 1.165) is 12.1 Å². The van der Waals surface area contributed by atoms with Crippen molar-refractivity contribution in [1.29, 1.82) is 0 Å². The van der Waals surface area contributed by atoms with Crippen LogP contribution in [0.5, 0.6) is 0 Å². The lowest BCUT2D eigenvalue weighted by Crippen LogP contribution is -2.42. The van der Waals surface area contributed by atoms with E-state index >= 15 is 0 Å². The number of nitrogens with zero attached hydrogens (tertiary/aromatic N) is 1. The molecule has 1 atom stereocenters. The van der Waals surface area contributed by atoms with Crippen LogP contribution in [0.15, 0.2) is 24.4 Å². The third-order valence-electron chi connectivity index (χ3n) is 2.39. The molecule has 0 aliphatic rings. The van der Waals surface area contributed by atoms with E-state index < -0.39 is 16.0 Å². The number of aromatic nitrogens is 1. The Morgan fingerprint density at radius 1 is 1.47 bits per heavy atom. The molecule has 0 spiro atoms. The highest BCUT2D eigenvalue weighted by molar-refractivity contribution is 7.84. The summed E-state index contributed by atoms with van der Waals surface area (Å²) >= 11 is 0. The summed E-state index contributed by atoms with van der Waals surface area (Å²) in [4.78, 5) is 0. The van der Waals surface area contributed by atoms with Crippen molar-refractivity contribution >= 4 is 10.1 Å². The topological polar surface area (TPSA) is 61.1 Å². The highest BCUT2D eigenvalue weighted by Gasteiger charge is 2.17. The molecule has 0 radical (unpaired) electrons. The van der Waals surface area contributed by atoms with Gasteiger partial charge in [0.25, 0.3) is 0 Å². The maximum atomic E-state index is 10.7.